The molecule has 0 bridgehead atoms. The lowest BCUT2D eigenvalue weighted by Crippen LogP contribution is -2.13. The van der Waals surface area contributed by atoms with Crippen molar-refractivity contribution in [1.29, 1.82) is 0 Å². The molecule has 0 aliphatic heterocycles. The van der Waals surface area contributed by atoms with Gasteiger partial charge in [0.25, 0.3) is 0 Å². The monoisotopic (exact) mass is 385 g/mol. The summed E-state index contributed by atoms with van der Waals surface area (Å²) in [7, 11) is 0. The molecule has 0 spiro atoms. The fraction of sp³-hybridized carbons (Fsp3) is 0.0714. The summed E-state index contributed by atoms with van der Waals surface area (Å²) in [4.78, 5) is 16.0. The molecule has 0 aliphatic carbocycles. The van der Waals surface area contributed by atoms with E-state index in [1.165, 1.54) is 16.8 Å². The smallest absolute Gasteiger partial charge is 0.364 e. The molecule has 0 saturated carbocycles. The molecule has 2 aromatic heterocycles. The minimum Gasteiger partial charge on any atom is -0.418 e. The molecule has 23 heavy (non-hydrogen) atoms. The van der Waals surface area contributed by atoms with Gasteiger partial charge in [-0.1, -0.05) is 0 Å². The number of hydrogen-bond acceptors (Lipinski definition) is 4. The van der Waals surface area contributed by atoms with Crippen LogP contribution < -0.4 is 4.74 Å². The highest BCUT2D eigenvalue weighted by Gasteiger charge is 2.25. The van der Waals surface area contributed by atoms with Crippen LogP contribution in [0.15, 0.2) is 29.0 Å². The average molecular weight is 386 g/mol. The summed E-state index contributed by atoms with van der Waals surface area (Å²) in [5.74, 6) is -5.88. The Labute approximate surface area is 135 Å². The number of esters is 1. The highest BCUT2D eigenvalue weighted by atomic mass is 79.9. The second kappa shape index (κ2) is 5.65. The number of fused-ring (bicyclic) bond motifs is 1. The van der Waals surface area contributed by atoms with E-state index in [-0.39, 0.29) is 11.3 Å². The third kappa shape index (κ3) is 2.56. The zero-order chi connectivity index (χ0) is 16.7. The van der Waals surface area contributed by atoms with Crippen LogP contribution >= 0.6 is 15.9 Å². The number of hydrogen-bond donors (Lipinski definition) is 0. The molecule has 0 N–H and O–H groups in total. The van der Waals surface area contributed by atoms with Crippen LogP contribution in [0.2, 0.25) is 0 Å². The van der Waals surface area contributed by atoms with Crippen molar-refractivity contribution in [3.05, 3.63) is 57.7 Å². The number of ether oxygens (including phenoxy) is 1. The molecule has 1 aromatic carbocycles. The van der Waals surface area contributed by atoms with Crippen LogP contribution in [0.1, 0.15) is 16.1 Å². The predicted octanol–water partition coefficient (Wildman–Crippen LogP) is 3.44. The van der Waals surface area contributed by atoms with Gasteiger partial charge in [0.15, 0.2) is 22.9 Å². The minimum atomic E-state index is -1.48. The van der Waals surface area contributed by atoms with Crippen LogP contribution in [0.5, 0.6) is 5.75 Å². The van der Waals surface area contributed by atoms with Gasteiger partial charge in [0, 0.05) is 24.0 Å². The first kappa shape index (κ1) is 15.5. The first-order chi connectivity index (χ1) is 10.9. The molecule has 5 nitrogen and oxygen atoms in total. The van der Waals surface area contributed by atoms with Crippen LogP contribution in [0, 0.1) is 24.4 Å². The second-order valence-electron chi connectivity index (χ2n) is 4.55. The van der Waals surface area contributed by atoms with Crippen LogP contribution in [0.25, 0.3) is 5.65 Å². The summed E-state index contributed by atoms with van der Waals surface area (Å²) < 4.78 is 46.7. The van der Waals surface area contributed by atoms with E-state index in [9.17, 15) is 18.0 Å². The van der Waals surface area contributed by atoms with Gasteiger partial charge in [0.05, 0.1) is 4.47 Å². The van der Waals surface area contributed by atoms with Crippen molar-refractivity contribution >= 4 is 27.5 Å². The van der Waals surface area contributed by atoms with Gasteiger partial charge in [0.1, 0.15) is 5.82 Å². The van der Waals surface area contributed by atoms with E-state index < -0.39 is 33.6 Å². The maximum atomic E-state index is 13.9. The van der Waals surface area contributed by atoms with Gasteiger partial charge in [-0.05, 0) is 28.9 Å². The van der Waals surface area contributed by atoms with Gasteiger partial charge < -0.3 is 4.74 Å². The molecular formula is C14H7BrF3N3O2. The van der Waals surface area contributed by atoms with E-state index in [0.717, 1.165) is 6.92 Å². The maximum Gasteiger partial charge on any atom is 0.364 e. The van der Waals surface area contributed by atoms with E-state index in [0.29, 0.717) is 5.65 Å². The van der Waals surface area contributed by atoms with Crippen molar-refractivity contribution in [2.45, 2.75) is 6.92 Å². The van der Waals surface area contributed by atoms with Gasteiger partial charge in [-0.3, -0.25) is 0 Å². The summed E-state index contributed by atoms with van der Waals surface area (Å²) in [6.07, 6.45) is 3.04. The molecule has 0 radical (unpaired) electrons. The number of benzene rings is 1. The first-order valence-corrected chi connectivity index (χ1v) is 7.04. The highest BCUT2D eigenvalue weighted by molar-refractivity contribution is 9.10. The van der Waals surface area contributed by atoms with E-state index in [2.05, 4.69) is 26.0 Å². The van der Waals surface area contributed by atoms with Crippen molar-refractivity contribution in [3.63, 3.8) is 0 Å². The number of aromatic nitrogens is 3. The Morgan fingerprint density at radius 2 is 2.00 bits per heavy atom. The second-order valence-corrected chi connectivity index (χ2v) is 5.34. The van der Waals surface area contributed by atoms with E-state index in [1.807, 2.05) is 0 Å². The number of carbonyl (C=O) groups excluding carboxylic acids is 1. The molecule has 3 aromatic rings. The Morgan fingerprint density at radius 3 is 2.70 bits per heavy atom. The van der Waals surface area contributed by atoms with Gasteiger partial charge in [0.2, 0.25) is 5.82 Å². The Bertz CT molecular complexity index is 880. The van der Waals surface area contributed by atoms with Crippen molar-refractivity contribution in [2.75, 3.05) is 0 Å². The largest absolute Gasteiger partial charge is 0.418 e. The van der Waals surface area contributed by atoms with Gasteiger partial charge >= 0.3 is 5.97 Å². The highest BCUT2D eigenvalue weighted by Crippen LogP contribution is 2.33. The molecule has 0 atom stereocenters. The standard InChI is InChI=1S/C14H7BrF3N3O2/c1-6-10(16)9(15)11(17)12(18)13(6)23-14(22)7-5-8-19-3-2-4-21(8)20-7/h2-5H,1H3. The number of halogens is 4. The molecule has 0 saturated heterocycles. The zero-order valence-electron chi connectivity index (χ0n) is 11.5. The van der Waals surface area contributed by atoms with E-state index in [1.54, 1.807) is 12.3 Å². The number of carbonyl (C=O) groups is 1. The third-order valence-electron chi connectivity index (χ3n) is 3.09. The predicted molar refractivity (Wildman–Crippen MR) is 76.7 cm³/mol. The molecule has 2 heterocycles. The van der Waals surface area contributed by atoms with Crippen LogP contribution in [0.4, 0.5) is 13.2 Å². The molecule has 3 rings (SSSR count). The summed E-state index contributed by atoms with van der Waals surface area (Å²) >= 11 is 2.59. The normalized spacial score (nSPS) is 11.0. The molecule has 118 valence electrons. The van der Waals surface area contributed by atoms with Gasteiger partial charge in [-0.25, -0.2) is 23.1 Å². The lowest BCUT2D eigenvalue weighted by atomic mass is 10.2. The molecule has 9 heteroatoms. The molecular weight excluding hydrogens is 379 g/mol. The minimum absolute atomic E-state index is 0.175. The maximum absolute atomic E-state index is 13.9. The molecule has 0 unspecified atom stereocenters. The topological polar surface area (TPSA) is 56.5 Å². The van der Waals surface area contributed by atoms with Crippen LogP contribution in [-0.2, 0) is 0 Å². The Balaban J connectivity index is 2.00. The number of rotatable bonds is 2. The third-order valence-corrected chi connectivity index (χ3v) is 3.78. The van der Waals surface area contributed by atoms with Gasteiger partial charge in [-0.15, -0.1) is 0 Å². The lowest BCUT2D eigenvalue weighted by Gasteiger charge is -2.10. The summed E-state index contributed by atoms with van der Waals surface area (Å²) in [6.45, 7) is 1.16. The quantitative estimate of drug-likeness (QED) is 0.293. The molecule has 0 amide bonds. The summed E-state index contributed by atoms with van der Waals surface area (Å²) in [5.41, 5.74) is -0.151. The van der Waals surface area contributed by atoms with Crippen molar-refractivity contribution < 1.29 is 22.7 Å². The van der Waals surface area contributed by atoms with Gasteiger partial charge in [-0.2, -0.15) is 9.49 Å². The fourth-order valence-electron chi connectivity index (χ4n) is 1.92. The Morgan fingerprint density at radius 1 is 1.26 bits per heavy atom. The SMILES string of the molecule is Cc1c(F)c(Br)c(F)c(F)c1OC(=O)c1cc2ncccn2n1. The summed E-state index contributed by atoms with van der Waals surface area (Å²) in [6, 6.07) is 2.90. The van der Waals surface area contributed by atoms with Crippen LogP contribution in [-0.4, -0.2) is 20.6 Å². The average Bonchev–Trinajstić information content (AvgIpc) is 2.99. The van der Waals surface area contributed by atoms with Crippen LogP contribution in [0.3, 0.4) is 0 Å². The van der Waals surface area contributed by atoms with E-state index >= 15 is 0 Å². The molecule has 0 aliphatic rings. The fourth-order valence-corrected chi connectivity index (χ4v) is 2.39. The summed E-state index contributed by atoms with van der Waals surface area (Å²) in [5, 5.41) is 3.89. The Hall–Kier alpha value is -2.42. The zero-order valence-corrected chi connectivity index (χ0v) is 13.1. The van der Waals surface area contributed by atoms with Crippen molar-refractivity contribution in [3.8, 4) is 5.75 Å². The lowest BCUT2D eigenvalue weighted by molar-refractivity contribution is 0.0718. The van der Waals surface area contributed by atoms with Crippen molar-refractivity contribution in [2.24, 2.45) is 0 Å². The van der Waals surface area contributed by atoms with E-state index in [4.69, 9.17) is 4.74 Å². The van der Waals surface area contributed by atoms with Crippen molar-refractivity contribution in [1.82, 2.24) is 14.6 Å². The Kier molecular flexibility index (Phi) is 3.80. The number of nitrogens with zero attached hydrogens (tertiary/aromatic N) is 3. The molecule has 0 fully saturated rings. The first-order valence-electron chi connectivity index (χ1n) is 6.25.